The number of ether oxygens (including phenoxy) is 1. The second-order valence-corrected chi connectivity index (χ2v) is 5.11. The number of rotatable bonds is 2. The molecule has 0 bridgehead atoms. The SMILES string of the molecule is CN(c1cc2nc[nH]c(=O)c2cc1N)C1CCOCC1. The normalized spacial score (nSPS) is 16.4. The summed E-state index contributed by atoms with van der Waals surface area (Å²) < 4.78 is 5.39. The lowest BCUT2D eigenvalue weighted by Crippen LogP contribution is -2.37. The Kier molecular flexibility index (Phi) is 3.31. The fourth-order valence-corrected chi connectivity index (χ4v) is 2.70. The number of aromatic nitrogens is 2. The Hall–Kier alpha value is -2.08. The summed E-state index contributed by atoms with van der Waals surface area (Å²) in [6.07, 6.45) is 3.38. The van der Waals surface area contributed by atoms with Gasteiger partial charge in [0.2, 0.25) is 0 Å². The van der Waals surface area contributed by atoms with E-state index in [1.54, 1.807) is 6.07 Å². The van der Waals surface area contributed by atoms with Crippen LogP contribution in [0, 0.1) is 0 Å². The molecule has 3 N–H and O–H groups in total. The zero-order valence-electron chi connectivity index (χ0n) is 11.4. The zero-order valence-corrected chi connectivity index (χ0v) is 11.4. The van der Waals surface area contributed by atoms with Crippen LogP contribution in [0.25, 0.3) is 10.9 Å². The molecule has 1 aromatic carbocycles. The maximum absolute atomic E-state index is 11.7. The molecule has 20 heavy (non-hydrogen) atoms. The van der Waals surface area contributed by atoms with Crippen LogP contribution >= 0.6 is 0 Å². The average molecular weight is 274 g/mol. The van der Waals surface area contributed by atoms with Gasteiger partial charge in [-0.1, -0.05) is 0 Å². The van der Waals surface area contributed by atoms with Gasteiger partial charge in [0.05, 0.1) is 28.6 Å². The van der Waals surface area contributed by atoms with Gasteiger partial charge in [0.1, 0.15) is 0 Å². The lowest BCUT2D eigenvalue weighted by Gasteiger charge is -2.33. The van der Waals surface area contributed by atoms with Gasteiger partial charge in [0.25, 0.3) is 5.56 Å². The molecule has 2 aromatic rings. The topological polar surface area (TPSA) is 84.2 Å². The van der Waals surface area contributed by atoms with Crippen LogP contribution in [0.1, 0.15) is 12.8 Å². The van der Waals surface area contributed by atoms with Gasteiger partial charge in [-0.3, -0.25) is 4.79 Å². The fraction of sp³-hybridized carbons (Fsp3) is 0.429. The van der Waals surface area contributed by atoms with Crippen molar-refractivity contribution in [3.8, 4) is 0 Å². The van der Waals surface area contributed by atoms with Crippen LogP contribution in [0.5, 0.6) is 0 Å². The van der Waals surface area contributed by atoms with E-state index in [2.05, 4.69) is 14.9 Å². The molecule has 106 valence electrons. The predicted octanol–water partition coefficient (Wildman–Crippen LogP) is 1.12. The summed E-state index contributed by atoms with van der Waals surface area (Å²) in [5.74, 6) is 0. The third kappa shape index (κ3) is 2.22. The van der Waals surface area contributed by atoms with Crippen LogP contribution in [0.4, 0.5) is 11.4 Å². The maximum atomic E-state index is 11.7. The van der Waals surface area contributed by atoms with E-state index in [0.717, 1.165) is 31.7 Å². The molecule has 1 saturated heterocycles. The van der Waals surface area contributed by atoms with E-state index in [1.165, 1.54) is 6.33 Å². The molecule has 0 unspecified atom stereocenters. The van der Waals surface area contributed by atoms with E-state index < -0.39 is 0 Å². The van der Waals surface area contributed by atoms with Crippen LogP contribution in [0.3, 0.4) is 0 Å². The van der Waals surface area contributed by atoms with Gasteiger partial charge in [-0.25, -0.2) is 4.98 Å². The average Bonchev–Trinajstić information content (AvgIpc) is 2.48. The Morgan fingerprint density at radius 3 is 2.90 bits per heavy atom. The van der Waals surface area contributed by atoms with Crippen molar-refractivity contribution in [1.82, 2.24) is 9.97 Å². The largest absolute Gasteiger partial charge is 0.397 e. The Balaban J connectivity index is 2.02. The van der Waals surface area contributed by atoms with E-state index in [-0.39, 0.29) is 5.56 Å². The monoisotopic (exact) mass is 274 g/mol. The lowest BCUT2D eigenvalue weighted by molar-refractivity contribution is 0.0855. The highest BCUT2D eigenvalue weighted by Crippen LogP contribution is 2.29. The summed E-state index contributed by atoms with van der Waals surface area (Å²) in [6, 6.07) is 3.99. The Bertz CT molecular complexity index is 676. The molecular formula is C14H18N4O2. The van der Waals surface area contributed by atoms with E-state index in [0.29, 0.717) is 22.6 Å². The standard InChI is InChI=1S/C14H18N4O2/c1-18(9-2-4-20-5-3-9)13-7-12-10(6-11(13)15)14(19)17-8-16-12/h6-9H,2-5,15H2,1H3,(H,16,17,19). The highest BCUT2D eigenvalue weighted by Gasteiger charge is 2.20. The van der Waals surface area contributed by atoms with E-state index >= 15 is 0 Å². The second-order valence-electron chi connectivity index (χ2n) is 5.11. The van der Waals surface area contributed by atoms with Crippen molar-refractivity contribution in [1.29, 1.82) is 0 Å². The molecule has 0 radical (unpaired) electrons. The summed E-state index contributed by atoms with van der Waals surface area (Å²) in [4.78, 5) is 20.7. The van der Waals surface area contributed by atoms with Crippen molar-refractivity contribution in [2.75, 3.05) is 30.9 Å². The van der Waals surface area contributed by atoms with Gasteiger partial charge >= 0.3 is 0 Å². The first kappa shape index (κ1) is 12.9. The highest BCUT2D eigenvalue weighted by atomic mass is 16.5. The predicted molar refractivity (Wildman–Crippen MR) is 79.0 cm³/mol. The molecule has 1 aliphatic rings. The Morgan fingerprint density at radius 1 is 1.40 bits per heavy atom. The first-order valence-electron chi connectivity index (χ1n) is 6.74. The lowest BCUT2D eigenvalue weighted by atomic mass is 10.1. The highest BCUT2D eigenvalue weighted by molar-refractivity contribution is 5.88. The summed E-state index contributed by atoms with van der Waals surface area (Å²) in [5.41, 5.74) is 8.13. The number of benzene rings is 1. The molecule has 1 aliphatic heterocycles. The summed E-state index contributed by atoms with van der Waals surface area (Å²) in [6.45, 7) is 1.56. The molecular weight excluding hydrogens is 256 g/mol. The molecule has 1 aromatic heterocycles. The summed E-state index contributed by atoms with van der Waals surface area (Å²) in [7, 11) is 2.03. The van der Waals surface area contributed by atoms with Crippen molar-refractivity contribution < 1.29 is 4.74 Å². The van der Waals surface area contributed by atoms with Gasteiger partial charge in [0.15, 0.2) is 0 Å². The number of nitrogens with two attached hydrogens (primary N) is 1. The zero-order chi connectivity index (χ0) is 14.1. The van der Waals surface area contributed by atoms with Gasteiger partial charge < -0.3 is 20.4 Å². The van der Waals surface area contributed by atoms with Gasteiger partial charge in [-0.05, 0) is 25.0 Å². The number of anilines is 2. The molecule has 0 spiro atoms. The third-order valence-electron chi connectivity index (χ3n) is 3.91. The van der Waals surface area contributed by atoms with Crippen molar-refractivity contribution in [3.05, 3.63) is 28.8 Å². The van der Waals surface area contributed by atoms with Crippen molar-refractivity contribution in [3.63, 3.8) is 0 Å². The first-order chi connectivity index (χ1) is 9.66. The van der Waals surface area contributed by atoms with Crippen LogP contribution in [0.15, 0.2) is 23.3 Å². The number of aromatic amines is 1. The molecule has 1 fully saturated rings. The van der Waals surface area contributed by atoms with Crippen LogP contribution in [-0.2, 0) is 4.74 Å². The quantitative estimate of drug-likeness (QED) is 0.802. The van der Waals surface area contributed by atoms with E-state index in [1.807, 2.05) is 13.1 Å². The molecule has 3 rings (SSSR count). The minimum absolute atomic E-state index is 0.165. The van der Waals surface area contributed by atoms with Gasteiger partial charge in [-0.15, -0.1) is 0 Å². The Labute approximate surface area is 116 Å². The van der Waals surface area contributed by atoms with Gasteiger partial charge in [-0.2, -0.15) is 0 Å². The van der Waals surface area contributed by atoms with E-state index in [4.69, 9.17) is 10.5 Å². The molecule has 0 saturated carbocycles. The number of hydrogen-bond donors (Lipinski definition) is 2. The number of nitrogens with one attached hydrogen (secondary N) is 1. The number of H-pyrrole nitrogens is 1. The first-order valence-corrected chi connectivity index (χ1v) is 6.74. The molecule has 0 atom stereocenters. The third-order valence-corrected chi connectivity index (χ3v) is 3.91. The minimum atomic E-state index is -0.165. The van der Waals surface area contributed by atoms with E-state index in [9.17, 15) is 4.79 Å². The van der Waals surface area contributed by atoms with Crippen molar-refractivity contribution >= 4 is 22.3 Å². The molecule has 2 heterocycles. The van der Waals surface area contributed by atoms with Crippen LogP contribution < -0.4 is 16.2 Å². The van der Waals surface area contributed by atoms with Gasteiger partial charge in [0, 0.05) is 26.3 Å². The number of fused-ring (bicyclic) bond motifs is 1. The maximum Gasteiger partial charge on any atom is 0.258 e. The smallest absolute Gasteiger partial charge is 0.258 e. The molecule has 6 nitrogen and oxygen atoms in total. The number of hydrogen-bond acceptors (Lipinski definition) is 5. The fourth-order valence-electron chi connectivity index (χ4n) is 2.70. The molecule has 0 amide bonds. The number of nitrogens with zero attached hydrogens (tertiary/aromatic N) is 2. The van der Waals surface area contributed by atoms with Crippen molar-refractivity contribution in [2.24, 2.45) is 0 Å². The van der Waals surface area contributed by atoms with Crippen LogP contribution in [0.2, 0.25) is 0 Å². The number of nitrogen functional groups attached to an aromatic ring is 1. The summed E-state index contributed by atoms with van der Waals surface area (Å²) >= 11 is 0. The molecule has 6 heteroatoms. The van der Waals surface area contributed by atoms with Crippen molar-refractivity contribution in [2.45, 2.75) is 18.9 Å². The minimum Gasteiger partial charge on any atom is -0.397 e. The van der Waals surface area contributed by atoms with Crippen LogP contribution in [-0.4, -0.2) is 36.3 Å². The molecule has 0 aliphatic carbocycles. The summed E-state index contributed by atoms with van der Waals surface area (Å²) in [5, 5.41) is 0.522. The Morgan fingerprint density at radius 2 is 2.15 bits per heavy atom. The second kappa shape index (κ2) is 5.13.